The Morgan fingerprint density at radius 2 is 1.61 bits per heavy atom. The molecule has 0 aromatic heterocycles. The van der Waals surface area contributed by atoms with Gasteiger partial charge in [-0.1, -0.05) is 42.5 Å². The van der Waals surface area contributed by atoms with Crippen molar-refractivity contribution in [3.63, 3.8) is 0 Å². The number of rotatable bonds is 4. The number of ether oxygens (including phenoxy) is 1. The molecule has 2 aliphatic rings. The lowest BCUT2D eigenvalue weighted by atomic mass is 9.64. The minimum Gasteiger partial charge on any atom is -0.494 e. The summed E-state index contributed by atoms with van der Waals surface area (Å²) in [6.45, 7) is 2.15. The predicted octanol–water partition coefficient (Wildman–Crippen LogP) is 7.38. The van der Waals surface area contributed by atoms with Gasteiger partial charge >= 0.3 is 0 Å². The molecule has 2 fully saturated rings. The monoisotopic (exact) mass is 378 g/mol. The van der Waals surface area contributed by atoms with Gasteiger partial charge in [-0.3, -0.25) is 0 Å². The topological polar surface area (TPSA) is 9.23 Å². The van der Waals surface area contributed by atoms with E-state index in [4.69, 9.17) is 4.74 Å². The number of allylic oxidation sites excluding steroid dienone is 2. The summed E-state index contributed by atoms with van der Waals surface area (Å²) >= 11 is 0. The van der Waals surface area contributed by atoms with Gasteiger partial charge in [0.2, 0.25) is 0 Å². The molecule has 28 heavy (non-hydrogen) atoms. The SMILES string of the molecule is C/C=C/C1CCC2CC(c3ccc(-c4ccc(OC)c(F)c4)cc3)CCC2C1. The zero-order chi connectivity index (χ0) is 19.5. The van der Waals surface area contributed by atoms with Gasteiger partial charge in [0, 0.05) is 0 Å². The summed E-state index contributed by atoms with van der Waals surface area (Å²) in [5, 5.41) is 0. The second-order valence-electron chi connectivity index (χ2n) is 8.60. The summed E-state index contributed by atoms with van der Waals surface area (Å²) < 4.78 is 19.0. The molecular weight excluding hydrogens is 347 g/mol. The van der Waals surface area contributed by atoms with Crippen molar-refractivity contribution in [3.05, 3.63) is 66.0 Å². The molecule has 0 spiro atoms. The van der Waals surface area contributed by atoms with Crippen LogP contribution in [-0.2, 0) is 0 Å². The van der Waals surface area contributed by atoms with Crippen molar-refractivity contribution in [1.29, 1.82) is 0 Å². The van der Waals surface area contributed by atoms with Crippen molar-refractivity contribution in [2.24, 2.45) is 17.8 Å². The molecule has 0 amide bonds. The standard InChI is InChI=1S/C26H31FO/c1-3-4-18-5-6-23-16-22(12-11-21(23)15-18)19-7-9-20(10-8-19)24-13-14-26(28-2)25(27)17-24/h3-4,7-10,13-14,17-18,21-23H,5-6,11-12,15-16H2,1-2H3/b4-3+. The zero-order valence-electron chi connectivity index (χ0n) is 17.0. The fourth-order valence-corrected chi connectivity index (χ4v) is 5.47. The summed E-state index contributed by atoms with van der Waals surface area (Å²) in [5.41, 5.74) is 3.41. The summed E-state index contributed by atoms with van der Waals surface area (Å²) in [7, 11) is 1.49. The van der Waals surface area contributed by atoms with Crippen LogP contribution in [0, 0.1) is 23.6 Å². The van der Waals surface area contributed by atoms with Gasteiger partial charge in [0.25, 0.3) is 0 Å². The van der Waals surface area contributed by atoms with Crippen LogP contribution in [0.4, 0.5) is 4.39 Å². The molecule has 4 atom stereocenters. The summed E-state index contributed by atoms with van der Waals surface area (Å²) in [6, 6.07) is 14.0. The highest BCUT2D eigenvalue weighted by molar-refractivity contribution is 5.64. The van der Waals surface area contributed by atoms with Gasteiger partial charge < -0.3 is 4.74 Å². The highest BCUT2D eigenvalue weighted by Gasteiger charge is 2.35. The van der Waals surface area contributed by atoms with E-state index in [0.717, 1.165) is 28.9 Å². The van der Waals surface area contributed by atoms with Gasteiger partial charge in [-0.2, -0.15) is 0 Å². The highest BCUT2D eigenvalue weighted by atomic mass is 19.1. The first-order valence-electron chi connectivity index (χ1n) is 10.7. The molecule has 0 heterocycles. The van der Waals surface area contributed by atoms with Crippen LogP contribution in [-0.4, -0.2) is 7.11 Å². The zero-order valence-corrected chi connectivity index (χ0v) is 17.0. The fourth-order valence-electron chi connectivity index (χ4n) is 5.47. The number of benzene rings is 2. The first-order valence-corrected chi connectivity index (χ1v) is 10.7. The van der Waals surface area contributed by atoms with Gasteiger partial charge in [-0.25, -0.2) is 4.39 Å². The Kier molecular flexibility index (Phi) is 5.85. The van der Waals surface area contributed by atoms with E-state index in [1.807, 2.05) is 6.07 Å². The Morgan fingerprint density at radius 1 is 0.893 bits per heavy atom. The Hall–Kier alpha value is -2.09. The molecule has 2 aliphatic carbocycles. The molecule has 2 saturated carbocycles. The Bertz CT molecular complexity index is 823. The predicted molar refractivity (Wildman–Crippen MR) is 114 cm³/mol. The molecule has 0 saturated heterocycles. The quantitative estimate of drug-likeness (QED) is 0.504. The number of hydrogen-bond donors (Lipinski definition) is 0. The highest BCUT2D eigenvalue weighted by Crippen LogP contribution is 2.48. The van der Waals surface area contributed by atoms with Crippen LogP contribution in [0.15, 0.2) is 54.6 Å². The number of hydrogen-bond acceptors (Lipinski definition) is 1. The summed E-state index contributed by atoms with van der Waals surface area (Å²) in [5.74, 6) is 3.30. The third kappa shape index (κ3) is 4.01. The van der Waals surface area contributed by atoms with Gasteiger partial charge in [-0.05, 0) is 97.9 Å². The molecule has 4 rings (SSSR count). The van der Waals surface area contributed by atoms with E-state index in [9.17, 15) is 4.39 Å². The van der Waals surface area contributed by atoms with Crippen molar-refractivity contribution in [3.8, 4) is 16.9 Å². The second-order valence-corrected chi connectivity index (χ2v) is 8.60. The van der Waals surface area contributed by atoms with E-state index in [1.54, 1.807) is 12.1 Å². The van der Waals surface area contributed by atoms with E-state index in [1.165, 1.54) is 51.2 Å². The molecule has 0 radical (unpaired) electrons. The van der Waals surface area contributed by atoms with Crippen LogP contribution >= 0.6 is 0 Å². The normalized spacial score (nSPS) is 27.5. The van der Waals surface area contributed by atoms with Crippen molar-refractivity contribution in [2.45, 2.75) is 51.4 Å². The van der Waals surface area contributed by atoms with Crippen LogP contribution in [0.2, 0.25) is 0 Å². The molecule has 2 aromatic carbocycles. The van der Waals surface area contributed by atoms with E-state index in [-0.39, 0.29) is 5.82 Å². The van der Waals surface area contributed by atoms with Crippen molar-refractivity contribution < 1.29 is 9.13 Å². The first kappa shape index (κ1) is 19.2. The average molecular weight is 379 g/mol. The maximum absolute atomic E-state index is 14.0. The minimum atomic E-state index is -0.309. The van der Waals surface area contributed by atoms with E-state index in [0.29, 0.717) is 11.7 Å². The smallest absolute Gasteiger partial charge is 0.165 e. The molecule has 0 N–H and O–H groups in total. The molecule has 0 aliphatic heterocycles. The summed E-state index contributed by atoms with van der Waals surface area (Å²) in [4.78, 5) is 0. The van der Waals surface area contributed by atoms with Gasteiger partial charge in [0.1, 0.15) is 0 Å². The number of fused-ring (bicyclic) bond motifs is 1. The molecular formula is C26H31FO. The fraction of sp³-hybridized carbons (Fsp3) is 0.462. The molecule has 2 aromatic rings. The lowest BCUT2D eigenvalue weighted by Gasteiger charge is -2.41. The summed E-state index contributed by atoms with van der Waals surface area (Å²) in [6.07, 6.45) is 12.8. The molecule has 2 heteroatoms. The minimum absolute atomic E-state index is 0.293. The number of methoxy groups -OCH3 is 1. The van der Waals surface area contributed by atoms with Crippen LogP contribution < -0.4 is 4.74 Å². The third-order valence-electron chi connectivity index (χ3n) is 6.99. The number of halogens is 1. The largest absolute Gasteiger partial charge is 0.494 e. The van der Waals surface area contributed by atoms with Gasteiger partial charge in [-0.15, -0.1) is 0 Å². The van der Waals surface area contributed by atoms with E-state index >= 15 is 0 Å². The molecule has 4 unspecified atom stereocenters. The lowest BCUT2D eigenvalue weighted by Crippen LogP contribution is -2.30. The Labute approximate surface area is 168 Å². The van der Waals surface area contributed by atoms with E-state index < -0.39 is 0 Å². The van der Waals surface area contributed by atoms with Crippen LogP contribution in [0.25, 0.3) is 11.1 Å². The lowest BCUT2D eigenvalue weighted by molar-refractivity contribution is 0.133. The molecule has 0 bridgehead atoms. The van der Waals surface area contributed by atoms with Crippen LogP contribution in [0.3, 0.4) is 0 Å². The van der Waals surface area contributed by atoms with Gasteiger partial charge in [0.15, 0.2) is 11.6 Å². The van der Waals surface area contributed by atoms with Crippen molar-refractivity contribution in [1.82, 2.24) is 0 Å². The van der Waals surface area contributed by atoms with Crippen molar-refractivity contribution >= 4 is 0 Å². The second kappa shape index (κ2) is 8.51. The third-order valence-corrected chi connectivity index (χ3v) is 6.99. The van der Waals surface area contributed by atoms with Crippen molar-refractivity contribution in [2.75, 3.05) is 7.11 Å². The Morgan fingerprint density at radius 3 is 2.32 bits per heavy atom. The first-order chi connectivity index (χ1) is 13.7. The molecule has 148 valence electrons. The molecule has 1 nitrogen and oxygen atoms in total. The maximum Gasteiger partial charge on any atom is 0.165 e. The van der Waals surface area contributed by atoms with Crippen LogP contribution in [0.1, 0.15) is 56.9 Å². The van der Waals surface area contributed by atoms with Gasteiger partial charge in [0.05, 0.1) is 7.11 Å². The average Bonchev–Trinajstić information content (AvgIpc) is 2.73. The van der Waals surface area contributed by atoms with Crippen LogP contribution in [0.5, 0.6) is 5.75 Å². The van der Waals surface area contributed by atoms with E-state index in [2.05, 4.69) is 43.3 Å². The Balaban J connectivity index is 1.43. The maximum atomic E-state index is 14.0.